The molecule has 0 unspecified atom stereocenters. The lowest BCUT2D eigenvalue weighted by Gasteiger charge is -2.23. The van der Waals surface area contributed by atoms with E-state index in [1.54, 1.807) is 52.7 Å². The Bertz CT molecular complexity index is 1690. The average Bonchev–Trinajstić information content (AvgIpc) is 3.50. The first kappa shape index (κ1) is 27.6. The smallest absolute Gasteiger partial charge is 0.270 e. The Balaban J connectivity index is 1.35. The van der Waals surface area contributed by atoms with Gasteiger partial charge >= 0.3 is 0 Å². The molecule has 0 aliphatic heterocycles. The Morgan fingerprint density at radius 2 is 1.71 bits per heavy atom. The minimum atomic E-state index is -0.453. The molecule has 0 saturated heterocycles. The number of anilines is 2. The summed E-state index contributed by atoms with van der Waals surface area (Å²) in [5.41, 5.74) is 10.5. The quantitative estimate of drug-likeness (QED) is 0.145. The van der Waals surface area contributed by atoms with Crippen LogP contribution in [-0.4, -0.2) is 15.8 Å². The van der Waals surface area contributed by atoms with Gasteiger partial charge in [0, 0.05) is 41.7 Å². The number of amides is 1. The first-order valence-corrected chi connectivity index (χ1v) is 13.7. The van der Waals surface area contributed by atoms with Crippen LogP contribution in [0.25, 0.3) is 11.3 Å². The fraction of sp³-hybridized carbons (Fsp3) is 0.0968. The maximum Gasteiger partial charge on any atom is 0.270 e. The van der Waals surface area contributed by atoms with Gasteiger partial charge in [0.2, 0.25) is 0 Å². The van der Waals surface area contributed by atoms with E-state index in [1.165, 1.54) is 29.5 Å². The van der Waals surface area contributed by atoms with Crippen LogP contribution in [0, 0.1) is 15.9 Å². The number of thiazole rings is 1. The van der Waals surface area contributed by atoms with Crippen molar-refractivity contribution in [3.8, 4) is 11.3 Å². The standard InChI is InChI=1S/C31H26FN5O3S/c32-27-9-1-2-10-29(27)36(31-35-28(20-41-31)25-7-4-8-26(16-25)37(39)40)19-21-11-13-24(14-12-21)30(38)34-18-23-6-3-5-22(15-23)17-33/h1-16,20H,17-19,33H2,(H,34,38). The number of aromatic nitrogens is 1. The molecule has 8 nitrogen and oxygen atoms in total. The SMILES string of the molecule is NCc1cccc(CNC(=O)c2ccc(CN(c3nc(-c4cccc([N+](=O)[O-])c4)cs3)c3ccccc3F)cc2)c1. The van der Waals surface area contributed by atoms with E-state index in [9.17, 15) is 19.3 Å². The molecule has 1 amide bonds. The van der Waals surface area contributed by atoms with Crippen LogP contribution in [0.15, 0.2) is 102 Å². The summed E-state index contributed by atoms with van der Waals surface area (Å²) in [6.45, 7) is 1.10. The van der Waals surface area contributed by atoms with Gasteiger partial charge in [-0.15, -0.1) is 11.3 Å². The first-order valence-electron chi connectivity index (χ1n) is 12.8. The molecular weight excluding hydrogens is 541 g/mol. The number of rotatable bonds is 10. The van der Waals surface area contributed by atoms with Crippen molar-refractivity contribution in [2.45, 2.75) is 19.6 Å². The van der Waals surface area contributed by atoms with Crippen molar-refractivity contribution in [2.24, 2.45) is 5.73 Å². The molecule has 0 fully saturated rings. The molecule has 41 heavy (non-hydrogen) atoms. The molecular formula is C31H26FN5O3S. The van der Waals surface area contributed by atoms with E-state index in [0.29, 0.717) is 40.7 Å². The molecule has 206 valence electrons. The fourth-order valence-corrected chi connectivity index (χ4v) is 5.17. The second-order valence-electron chi connectivity index (χ2n) is 9.26. The number of nitrogens with zero attached hydrogens (tertiary/aromatic N) is 3. The highest BCUT2D eigenvalue weighted by Crippen LogP contribution is 2.35. The molecule has 4 aromatic carbocycles. The minimum Gasteiger partial charge on any atom is -0.348 e. The van der Waals surface area contributed by atoms with Crippen LogP contribution in [0.5, 0.6) is 0 Å². The largest absolute Gasteiger partial charge is 0.348 e. The Hall–Kier alpha value is -4.93. The van der Waals surface area contributed by atoms with E-state index in [2.05, 4.69) is 10.3 Å². The number of halogens is 1. The van der Waals surface area contributed by atoms with E-state index in [1.807, 2.05) is 36.4 Å². The Labute approximate surface area is 240 Å². The van der Waals surface area contributed by atoms with E-state index in [-0.39, 0.29) is 18.1 Å². The summed E-state index contributed by atoms with van der Waals surface area (Å²) < 4.78 is 14.9. The van der Waals surface area contributed by atoms with E-state index in [4.69, 9.17) is 5.73 Å². The minimum absolute atomic E-state index is 0.0313. The summed E-state index contributed by atoms with van der Waals surface area (Å²) in [7, 11) is 0. The topological polar surface area (TPSA) is 114 Å². The van der Waals surface area contributed by atoms with Gasteiger partial charge in [0.1, 0.15) is 5.82 Å². The lowest BCUT2D eigenvalue weighted by atomic mass is 10.1. The van der Waals surface area contributed by atoms with Crippen molar-refractivity contribution in [2.75, 3.05) is 4.90 Å². The van der Waals surface area contributed by atoms with Gasteiger partial charge in [0.05, 0.1) is 22.8 Å². The van der Waals surface area contributed by atoms with Crippen LogP contribution in [0.2, 0.25) is 0 Å². The zero-order chi connectivity index (χ0) is 28.8. The van der Waals surface area contributed by atoms with Crippen LogP contribution in [-0.2, 0) is 19.6 Å². The summed E-state index contributed by atoms with van der Waals surface area (Å²) in [5, 5.41) is 16.5. The van der Waals surface area contributed by atoms with Crippen molar-refractivity contribution >= 4 is 33.8 Å². The van der Waals surface area contributed by atoms with Crippen molar-refractivity contribution in [1.82, 2.24) is 10.3 Å². The number of hydrogen-bond acceptors (Lipinski definition) is 7. The van der Waals surface area contributed by atoms with Crippen LogP contribution < -0.4 is 16.0 Å². The fourth-order valence-electron chi connectivity index (χ4n) is 4.32. The molecule has 0 radical (unpaired) electrons. The van der Waals surface area contributed by atoms with Crippen LogP contribution >= 0.6 is 11.3 Å². The van der Waals surface area contributed by atoms with Gasteiger partial charge in [0.15, 0.2) is 5.13 Å². The first-order chi connectivity index (χ1) is 19.9. The van der Waals surface area contributed by atoms with Crippen LogP contribution in [0.3, 0.4) is 0 Å². The number of non-ortho nitro benzene ring substituents is 1. The average molecular weight is 568 g/mol. The third kappa shape index (κ3) is 6.63. The van der Waals surface area contributed by atoms with Gasteiger partial charge in [-0.25, -0.2) is 9.37 Å². The highest BCUT2D eigenvalue weighted by atomic mass is 32.1. The third-order valence-corrected chi connectivity index (χ3v) is 7.32. The second-order valence-corrected chi connectivity index (χ2v) is 10.1. The molecule has 0 spiro atoms. The number of nitro benzene ring substituents is 1. The van der Waals surface area contributed by atoms with Crippen LogP contribution in [0.1, 0.15) is 27.0 Å². The summed E-state index contributed by atoms with van der Waals surface area (Å²) >= 11 is 1.31. The predicted octanol–water partition coefficient (Wildman–Crippen LogP) is 6.58. The molecule has 0 atom stereocenters. The monoisotopic (exact) mass is 567 g/mol. The number of para-hydroxylation sites is 1. The number of benzene rings is 4. The molecule has 0 bridgehead atoms. The van der Waals surface area contributed by atoms with Crippen molar-refractivity contribution in [3.63, 3.8) is 0 Å². The highest BCUT2D eigenvalue weighted by molar-refractivity contribution is 7.14. The Morgan fingerprint density at radius 3 is 2.46 bits per heavy atom. The van der Waals surface area contributed by atoms with Crippen LogP contribution in [0.4, 0.5) is 20.9 Å². The van der Waals surface area contributed by atoms with Crippen molar-refractivity contribution < 1.29 is 14.1 Å². The van der Waals surface area contributed by atoms with Gasteiger partial charge < -0.3 is 16.0 Å². The molecule has 0 aliphatic rings. The molecule has 0 aliphatic carbocycles. The number of carbonyl (C=O) groups is 1. The number of nitrogens with one attached hydrogen (secondary N) is 1. The summed E-state index contributed by atoms with van der Waals surface area (Å²) in [5.74, 6) is -0.614. The molecule has 1 aromatic heterocycles. The molecule has 5 rings (SSSR count). The Kier molecular flexibility index (Phi) is 8.42. The molecule has 3 N–H and O–H groups in total. The predicted molar refractivity (Wildman–Crippen MR) is 158 cm³/mol. The third-order valence-electron chi connectivity index (χ3n) is 6.46. The summed E-state index contributed by atoms with van der Waals surface area (Å²) in [6.07, 6.45) is 0. The molecule has 1 heterocycles. The number of nitrogens with two attached hydrogens (primary N) is 1. The number of carbonyl (C=O) groups excluding carboxylic acids is 1. The maximum absolute atomic E-state index is 14.9. The zero-order valence-corrected chi connectivity index (χ0v) is 22.7. The molecule has 5 aromatic rings. The summed E-state index contributed by atoms with van der Waals surface area (Å²) in [6, 6.07) is 27.5. The molecule has 10 heteroatoms. The lowest BCUT2D eigenvalue weighted by molar-refractivity contribution is -0.384. The van der Waals surface area contributed by atoms with Gasteiger partial charge in [-0.1, -0.05) is 60.7 Å². The lowest BCUT2D eigenvalue weighted by Crippen LogP contribution is -2.23. The summed E-state index contributed by atoms with van der Waals surface area (Å²) in [4.78, 5) is 30.0. The van der Waals surface area contributed by atoms with Gasteiger partial charge in [-0.3, -0.25) is 14.9 Å². The number of hydrogen-bond donors (Lipinski definition) is 2. The number of nitro groups is 1. The van der Waals surface area contributed by atoms with Gasteiger partial charge in [-0.05, 0) is 41.0 Å². The van der Waals surface area contributed by atoms with E-state index in [0.717, 1.165) is 16.7 Å². The van der Waals surface area contributed by atoms with Crippen molar-refractivity contribution in [1.29, 1.82) is 0 Å². The van der Waals surface area contributed by atoms with E-state index >= 15 is 0 Å². The van der Waals surface area contributed by atoms with E-state index < -0.39 is 10.7 Å². The second kappa shape index (κ2) is 12.5. The molecule has 0 saturated carbocycles. The normalized spacial score (nSPS) is 10.8. The highest BCUT2D eigenvalue weighted by Gasteiger charge is 2.19. The van der Waals surface area contributed by atoms with Crippen molar-refractivity contribution in [3.05, 3.63) is 141 Å². The van der Waals surface area contributed by atoms with Gasteiger partial charge in [-0.2, -0.15) is 0 Å². The Morgan fingerprint density at radius 1 is 0.951 bits per heavy atom. The maximum atomic E-state index is 14.9. The zero-order valence-electron chi connectivity index (χ0n) is 21.9. The van der Waals surface area contributed by atoms with Gasteiger partial charge in [0.25, 0.3) is 11.6 Å².